The molecule has 112 valence electrons. The molecular formula is C13H18ClFN2O3. The first kappa shape index (κ1) is 16.7. The molecule has 0 saturated carbocycles. The molecular weight excluding hydrogens is 287 g/mol. The molecule has 1 aromatic rings. The normalized spacial score (nSPS) is 18.0. The van der Waals surface area contributed by atoms with E-state index < -0.39 is 5.82 Å². The van der Waals surface area contributed by atoms with Crippen LogP contribution in [0.4, 0.5) is 4.39 Å². The van der Waals surface area contributed by atoms with Gasteiger partial charge >= 0.3 is 0 Å². The molecule has 0 spiro atoms. The van der Waals surface area contributed by atoms with Crippen molar-refractivity contribution in [2.75, 3.05) is 26.9 Å². The SMILES string of the molecule is COc1ccc(CNC(=O)C2COCCN2)cc1F.Cl. The number of halogens is 2. The summed E-state index contributed by atoms with van der Waals surface area (Å²) in [5.41, 5.74) is 0.684. The molecule has 1 heterocycles. The van der Waals surface area contributed by atoms with Crippen LogP contribution in [0.15, 0.2) is 18.2 Å². The molecule has 1 fully saturated rings. The van der Waals surface area contributed by atoms with E-state index in [1.165, 1.54) is 13.2 Å². The molecule has 5 nitrogen and oxygen atoms in total. The second-order valence-corrected chi connectivity index (χ2v) is 4.27. The molecule has 2 rings (SSSR count). The third-order valence-corrected chi connectivity index (χ3v) is 2.92. The number of hydrogen-bond acceptors (Lipinski definition) is 4. The minimum absolute atomic E-state index is 0. The Kier molecular flexibility index (Phi) is 6.70. The highest BCUT2D eigenvalue weighted by atomic mass is 35.5. The average Bonchev–Trinajstić information content (AvgIpc) is 2.46. The number of hydrogen-bond donors (Lipinski definition) is 2. The number of morpholine rings is 1. The number of ether oxygens (including phenoxy) is 2. The molecule has 1 atom stereocenters. The van der Waals surface area contributed by atoms with E-state index in [1.807, 2.05) is 0 Å². The van der Waals surface area contributed by atoms with E-state index in [1.54, 1.807) is 12.1 Å². The lowest BCUT2D eigenvalue weighted by Gasteiger charge is -2.22. The molecule has 1 saturated heterocycles. The minimum Gasteiger partial charge on any atom is -0.494 e. The largest absolute Gasteiger partial charge is 0.494 e. The number of amides is 1. The van der Waals surface area contributed by atoms with Crippen LogP contribution >= 0.6 is 12.4 Å². The Morgan fingerprint density at radius 3 is 3.00 bits per heavy atom. The van der Waals surface area contributed by atoms with Crippen LogP contribution < -0.4 is 15.4 Å². The Morgan fingerprint density at radius 2 is 2.40 bits per heavy atom. The number of benzene rings is 1. The maximum Gasteiger partial charge on any atom is 0.239 e. The van der Waals surface area contributed by atoms with Crippen LogP contribution in [0.1, 0.15) is 5.56 Å². The average molecular weight is 305 g/mol. The van der Waals surface area contributed by atoms with Gasteiger partial charge in [0.1, 0.15) is 6.04 Å². The Bertz CT molecular complexity index is 453. The molecule has 0 bridgehead atoms. The molecule has 7 heteroatoms. The predicted octanol–water partition coefficient (Wildman–Crippen LogP) is 0.861. The van der Waals surface area contributed by atoms with Crippen molar-refractivity contribution in [2.45, 2.75) is 12.6 Å². The van der Waals surface area contributed by atoms with Crippen molar-refractivity contribution < 1.29 is 18.7 Å². The summed E-state index contributed by atoms with van der Waals surface area (Å²) in [6.45, 7) is 1.92. The third kappa shape index (κ3) is 4.33. The van der Waals surface area contributed by atoms with Crippen molar-refractivity contribution in [1.29, 1.82) is 0 Å². The van der Waals surface area contributed by atoms with E-state index in [0.717, 1.165) is 0 Å². The fraction of sp³-hybridized carbons (Fsp3) is 0.462. The van der Waals surface area contributed by atoms with Gasteiger partial charge in [-0.1, -0.05) is 6.07 Å². The summed E-state index contributed by atoms with van der Waals surface area (Å²) in [5, 5.41) is 5.80. The Balaban J connectivity index is 0.00000200. The standard InChI is InChI=1S/C13H17FN2O3.ClH/c1-18-12-3-2-9(6-10(12)14)7-16-13(17)11-8-19-5-4-15-11;/h2-3,6,11,15H,4-5,7-8H2,1H3,(H,16,17);1H. The Hall–Kier alpha value is -1.37. The molecule has 1 aliphatic heterocycles. The molecule has 2 N–H and O–H groups in total. The number of rotatable bonds is 4. The van der Waals surface area contributed by atoms with Crippen molar-refractivity contribution in [3.8, 4) is 5.75 Å². The second kappa shape index (κ2) is 8.04. The zero-order valence-electron chi connectivity index (χ0n) is 11.1. The highest BCUT2D eigenvalue weighted by Crippen LogP contribution is 2.17. The van der Waals surface area contributed by atoms with Gasteiger partial charge in [0, 0.05) is 13.1 Å². The topological polar surface area (TPSA) is 59.6 Å². The molecule has 20 heavy (non-hydrogen) atoms. The molecule has 1 aliphatic rings. The van der Waals surface area contributed by atoms with Crippen LogP contribution in [-0.4, -0.2) is 38.8 Å². The lowest BCUT2D eigenvalue weighted by Crippen LogP contribution is -2.51. The summed E-state index contributed by atoms with van der Waals surface area (Å²) in [7, 11) is 1.41. The maximum absolute atomic E-state index is 13.5. The zero-order valence-corrected chi connectivity index (χ0v) is 12.0. The highest BCUT2D eigenvalue weighted by molar-refractivity contribution is 5.85. The number of methoxy groups -OCH3 is 1. The second-order valence-electron chi connectivity index (χ2n) is 4.27. The summed E-state index contributed by atoms with van der Waals surface area (Å²) in [6, 6.07) is 4.27. The summed E-state index contributed by atoms with van der Waals surface area (Å²) >= 11 is 0. The first-order valence-electron chi connectivity index (χ1n) is 6.12. The molecule has 1 amide bonds. The summed E-state index contributed by atoms with van der Waals surface area (Å²) in [6.07, 6.45) is 0. The van der Waals surface area contributed by atoms with E-state index in [0.29, 0.717) is 25.3 Å². The van der Waals surface area contributed by atoms with Crippen LogP contribution in [-0.2, 0) is 16.1 Å². The molecule has 1 unspecified atom stereocenters. The van der Waals surface area contributed by atoms with E-state index in [9.17, 15) is 9.18 Å². The first-order valence-corrected chi connectivity index (χ1v) is 6.12. The van der Waals surface area contributed by atoms with Gasteiger partial charge in [-0.25, -0.2) is 4.39 Å². The van der Waals surface area contributed by atoms with E-state index in [-0.39, 0.29) is 36.7 Å². The lowest BCUT2D eigenvalue weighted by molar-refractivity contribution is -0.126. The van der Waals surface area contributed by atoms with Gasteiger partial charge in [0.15, 0.2) is 11.6 Å². The highest BCUT2D eigenvalue weighted by Gasteiger charge is 2.20. The minimum atomic E-state index is -0.437. The molecule has 0 aliphatic carbocycles. The van der Waals surface area contributed by atoms with Crippen LogP contribution in [0.5, 0.6) is 5.75 Å². The Labute approximate surface area is 123 Å². The number of nitrogens with one attached hydrogen (secondary N) is 2. The maximum atomic E-state index is 13.5. The summed E-state index contributed by atoms with van der Waals surface area (Å²) < 4.78 is 23.5. The lowest BCUT2D eigenvalue weighted by atomic mass is 10.2. The van der Waals surface area contributed by atoms with Crippen LogP contribution in [0.2, 0.25) is 0 Å². The van der Waals surface area contributed by atoms with Gasteiger partial charge in [0.25, 0.3) is 0 Å². The summed E-state index contributed by atoms with van der Waals surface area (Å²) in [4.78, 5) is 11.8. The van der Waals surface area contributed by atoms with E-state index >= 15 is 0 Å². The van der Waals surface area contributed by atoms with E-state index in [2.05, 4.69) is 10.6 Å². The monoisotopic (exact) mass is 304 g/mol. The van der Waals surface area contributed by atoms with Gasteiger partial charge in [-0.05, 0) is 17.7 Å². The quantitative estimate of drug-likeness (QED) is 0.866. The number of carbonyl (C=O) groups is 1. The van der Waals surface area contributed by atoms with Crippen LogP contribution in [0.3, 0.4) is 0 Å². The van der Waals surface area contributed by atoms with Crippen molar-refractivity contribution in [3.05, 3.63) is 29.6 Å². The zero-order chi connectivity index (χ0) is 13.7. The smallest absolute Gasteiger partial charge is 0.239 e. The molecule has 0 aromatic heterocycles. The van der Waals surface area contributed by atoms with Crippen molar-refractivity contribution in [3.63, 3.8) is 0 Å². The van der Waals surface area contributed by atoms with Gasteiger partial charge in [-0.15, -0.1) is 12.4 Å². The van der Waals surface area contributed by atoms with Crippen LogP contribution in [0, 0.1) is 5.82 Å². The van der Waals surface area contributed by atoms with Crippen molar-refractivity contribution in [2.24, 2.45) is 0 Å². The molecule has 1 aromatic carbocycles. The van der Waals surface area contributed by atoms with Gasteiger partial charge in [0.05, 0.1) is 20.3 Å². The number of carbonyl (C=O) groups excluding carboxylic acids is 1. The fourth-order valence-electron chi connectivity index (χ4n) is 1.87. The first-order chi connectivity index (χ1) is 9.20. The van der Waals surface area contributed by atoms with Gasteiger partial charge in [0.2, 0.25) is 5.91 Å². The van der Waals surface area contributed by atoms with Gasteiger partial charge < -0.3 is 20.1 Å². The van der Waals surface area contributed by atoms with Crippen molar-refractivity contribution in [1.82, 2.24) is 10.6 Å². The van der Waals surface area contributed by atoms with Gasteiger partial charge in [-0.3, -0.25) is 4.79 Å². The van der Waals surface area contributed by atoms with E-state index in [4.69, 9.17) is 9.47 Å². The fourth-order valence-corrected chi connectivity index (χ4v) is 1.87. The van der Waals surface area contributed by atoms with Crippen molar-refractivity contribution >= 4 is 18.3 Å². The molecule has 0 radical (unpaired) electrons. The Morgan fingerprint density at radius 1 is 1.60 bits per heavy atom. The van der Waals surface area contributed by atoms with Gasteiger partial charge in [-0.2, -0.15) is 0 Å². The summed E-state index contributed by atoms with van der Waals surface area (Å²) in [5.74, 6) is -0.387. The predicted molar refractivity (Wildman–Crippen MR) is 74.7 cm³/mol. The third-order valence-electron chi connectivity index (χ3n) is 2.92. The van der Waals surface area contributed by atoms with Crippen LogP contribution in [0.25, 0.3) is 0 Å².